The molecule has 41 heavy (non-hydrogen) atoms. The molecule has 2 aromatic heterocycles. The molecule has 1 atom stereocenters. The number of carbonyl (C=O) groups excluding carboxylic acids is 1. The molecular weight excluding hydrogens is 592 g/mol. The third-order valence-corrected chi connectivity index (χ3v) is 7.95. The minimum absolute atomic E-state index is 0.0197. The Labute approximate surface area is 253 Å². The van der Waals surface area contributed by atoms with Crippen LogP contribution in [0.1, 0.15) is 48.5 Å². The predicted molar refractivity (Wildman–Crippen MR) is 159 cm³/mol. The van der Waals surface area contributed by atoms with Gasteiger partial charge < -0.3 is 19.1 Å². The van der Waals surface area contributed by atoms with Gasteiger partial charge in [-0.2, -0.15) is 0 Å². The number of aromatic nitrogens is 3. The van der Waals surface area contributed by atoms with Gasteiger partial charge in [-0.15, -0.1) is 10.2 Å². The molecule has 9 nitrogen and oxygen atoms in total. The summed E-state index contributed by atoms with van der Waals surface area (Å²) in [6, 6.07) is 5.97. The van der Waals surface area contributed by atoms with E-state index in [1.807, 2.05) is 18.0 Å². The highest BCUT2D eigenvalue weighted by atomic mass is 35.5. The van der Waals surface area contributed by atoms with Gasteiger partial charge in [0.2, 0.25) is 0 Å². The fourth-order valence-corrected chi connectivity index (χ4v) is 5.54. The van der Waals surface area contributed by atoms with Crippen molar-refractivity contribution < 1.29 is 23.4 Å². The van der Waals surface area contributed by atoms with Crippen LogP contribution in [0.4, 0.5) is 15.0 Å². The molecule has 1 amide bonds. The second-order valence-corrected chi connectivity index (χ2v) is 13.3. The first-order valence-corrected chi connectivity index (χ1v) is 14.7. The van der Waals surface area contributed by atoms with Gasteiger partial charge in [0.05, 0.1) is 17.7 Å². The predicted octanol–water partition coefficient (Wildman–Crippen LogP) is 7.31. The van der Waals surface area contributed by atoms with Crippen LogP contribution in [-0.4, -0.2) is 69.8 Å². The van der Waals surface area contributed by atoms with E-state index in [9.17, 15) is 4.79 Å². The molecule has 0 saturated carbocycles. The third kappa shape index (κ3) is 7.20. The molecule has 1 fully saturated rings. The Morgan fingerprint density at radius 2 is 1.90 bits per heavy atom. The lowest BCUT2D eigenvalue weighted by Crippen LogP contribution is -2.51. The summed E-state index contributed by atoms with van der Waals surface area (Å²) < 4.78 is 32.4. The lowest BCUT2D eigenvalue weighted by molar-refractivity contribution is -0.0637. The van der Waals surface area contributed by atoms with Crippen molar-refractivity contribution in [1.82, 2.24) is 20.1 Å². The fourth-order valence-electron chi connectivity index (χ4n) is 4.18. The van der Waals surface area contributed by atoms with Crippen LogP contribution < -0.4 is 9.64 Å². The van der Waals surface area contributed by atoms with E-state index >= 15 is 4.39 Å². The van der Waals surface area contributed by atoms with E-state index in [-0.39, 0.29) is 30.0 Å². The van der Waals surface area contributed by atoms with E-state index in [2.05, 4.69) is 29.0 Å². The number of pyridine rings is 1. The van der Waals surface area contributed by atoms with E-state index in [4.69, 9.17) is 37.4 Å². The summed E-state index contributed by atoms with van der Waals surface area (Å²) in [5.41, 5.74) is -0.474. The van der Waals surface area contributed by atoms with Crippen molar-refractivity contribution in [2.24, 2.45) is 0 Å². The van der Waals surface area contributed by atoms with Gasteiger partial charge >= 0.3 is 6.09 Å². The van der Waals surface area contributed by atoms with Crippen LogP contribution in [-0.2, 0) is 9.47 Å². The summed E-state index contributed by atoms with van der Waals surface area (Å²) >= 11 is 14.1. The zero-order valence-electron chi connectivity index (χ0n) is 24.3. The summed E-state index contributed by atoms with van der Waals surface area (Å²) in [5.74, 6) is 0.0154. The highest BCUT2D eigenvalue weighted by Gasteiger charge is 2.46. The van der Waals surface area contributed by atoms with Crippen molar-refractivity contribution >= 4 is 46.4 Å². The Hall–Kier alpha value is -2.73. The van der Waals surface area contributed by atoms with Crippen molar-refractivity contribution in [2.45, 2.75) is 71.9 Å². The Kier molecular flexibility index (Phi) is 9.04. The molecule has 0 aliphatic carbocycles. The normalized spacial score (nSPS) is 16.8. The first kappa shape index (κ1) is 31.2. The summed E-state index contributed by atoms with van der Waals surface area (Å²) in [7, 11) is 1.93. The smallest absolute Gasteiger partial charge is 0.413 e. The van der Waals surface area contributed by atoms with Gasteiger partial charge in [-0.05, 0) is 66.7 Å². The molecule has 0 N–H and O–H groups in total. The van der Waals surface area contributed by atoms with E-state index in [0.29, 0.717) is 26.5 Å². The number of anilines is 1. The number of carbonyl (C=O) groups is 1. The van der Waals surface area contributed by atoms with Gasteiger partial charge in [-0.1, -0.05) is 34.5 Å². The lowest BCUT2D eigenvalue weighted by Gasteiger charge is -2.35. The quantitative estimate of drug-likeness (QED) is 0.252. The molecule has 1 aliphatic heterocycles. The molecule has 1 unspecified atom stereocenters. The van der Waals surface area contributed by atoms with Crippen molar-refractivity contribution in [1.29, 1.82) is 0 Å². The number of rotatable bonds is 7. The van der Waals surface area contributed by atoms with Crippen LogP contribution in [0.5, 0.6) is 5.75 Å². The zero-order valence-corrected chi connectivity index (χ0v) is 26.6. The Balaban J connectivity index is 1.52. The van der Waals surface area contributed by atoms with E-state index < -0.39 is 29.3 Å². The third-order valence-electron chi connectivity index (χ3n) is 6.44. The molecule has 4 rings (SSSR count). The van der Waals surface area contributed by atoms with Crippen molar-refractivity contribution in [2.75, 3.05) is 25.2 Å². The zero-order chi connectivity index (χ0) is 30.3. The van der Waals surface area contributed by atoms with Crippen LogP contribution in [0, 0.1) is 5.82 Å². The van der Waals surface area contributed by atoms with Gasteiger partial charge in [-0.25, -0.2) is 14.2 Å². The number of ether oxygens (including phenoxy) is 3. The SMILES string of the molecule is CC(C)N(C)c1cc(-c2nnc(-c3cc(F)c(OCC4COC(C)(C)N4C(=O)OC(C)(C)C)cc3Cl)s2)cc(Cl)n1. The van der Waals surface area contributed by atoms with Crippen molar-refractivity contribution in [3.63, 3.8) is 0 Å². The number of nitrogens with zero attached hydrogens (tertiary/aromatic N) is 5. The molecule has 222 valence electrons. The van der Waals surface area contributed by atoms with E-state index in [1.54, 1.807) is 40.7 Å². The van der Waals surface area contributed by atoms with Gasteiger partial charge in [0.1, 0.15) is 38.9 Å². The van der Waals surface area contributed by atoms with Gasteiger partial charge in [0.15, 0.2) is 11.6 Å². The maximum atomic E-state index is 15.2. The van der Waals surface area contributed by atoms with Crippen LogP contribution >= 0.6 is 34.5 Å². The molecular formula is C28H34Cl2FN5O4S. The minimum atomic E-state index is -0.907. The molecule has 13 heteroatoms. The molecule has 1 saturated heterocycles. The average Bonchev–Trinajstić information content (AvgIpc) is 3.46. The van der Waals surface area contributed by atoms with Crippen LogP contribution in [0.25, 0.3) is 21.1 Å². The second kappa shape index (κ2) is 11.9. The highest BCUT2D eigenvalue weighted by Crippen LogP contribution is 2.38. The van der Waals surface area contributed by atoms with Crippen LogP contribution in [0.2, 0.25) is 10.2 Å². The Morgan fingerprint density at radius 3 is 2.56 bits per heavy atom. The number of halogens is 3. The number of benzene rings is 1. The van der Waals surface area contributed by atoms with E-state index in [1.165, 1.54) is 28.4 Å². The summed E-state index contributed by atoms with van der Waals surface area (Å²) in [6.07, 6.45) is -0.534. The molecule has 0 bridgehead atoms. The molecule has 3 aromatic rings. The molecule has 0 radical (unpaired) electrons. The van der Waals surface area contributed by atoms with Crippen molar-refractivity contribution in [3.8, 4) is 26.9 Å². The maximum absolute atomic E-state index is 15.2. The summed E-state index contributed by atoms with van der Waals surface area (Å²) in [4.78, 5) is 20.7. The van der Waals surface area contributed by atoms with Crippen LogP contribution in [0.15, 0.2) is 24.3 Å². The summed E-state index contributed by atoms with van der Waals surface area (Å²) in [5, 5.41) is 10.1. The molecule has 1 aromatic carbocycles. The second-order valence-electron chi connectivity index (χ2n) is 11.5. The van der Waals surface area contributed by atoms with Crippen molar-refractivity contribution in [3.05, 3.63) is 40.3 Å². The monoisotopic (exact) mass is 625 g/mol. The highest BCUT2D eigenvalue weighted by molar-refractivity contribution is 7.18. The average molecular weight is 627 g/mol. The Morgan fingerprint density at radius 1 is 1.22 bits per heavy atom. The lowest BCUT2D eigenvalue weighted by atomic mass is 10.2. The number of amides is 1. The number of hydrogen-bond acceptors (Lipinski definition) is 9. The molecule has 1 aliphatic rings. The largest absolute Gasteiger partial charge is 0.488 e. The fraction of sp³-hybridized carbons (Fsp3) is 0.500. The van der Waals surface area contributed by atoms with Gasteiger partial charge in [-0.3, -0.25) is 4.90 Å². The molecule has 0 spiro atoms. The number of hydrogen-bond donors (Lipinski definition) is 0. The topological polar surface area (TPSA) is 89.9 Å². The maximum Gasteiger partial charge on any atom is 0.413 e. The van der Waals surface area contributed by atoms with Crippen LogP contribution in [0.3, 0.4) is 0 Å². The summed E-state index contributed by atoms with van der Waals surface area (Å²) in [6.45, 7) is 13.2. The Bertz CT molecular complexity index is 1430. The molecule has 3 heterocycles. The first-order valence-electron chi connectivity index (χ1n) is 13.1. The standard InChI is InChI=1S/C28H34Cl2FN5O4S/c1-15(2)35(8)23-10-16(9-22(30)32-23)24-33-34-25(41-24)18-11-20(31)21(12-19(18)29)38-13-17-14-39-28(6,7)36(17)26(37)40-27(3,4)5/h9-12,15,17H,13-14H2,1-8H3. The minimum Gasteiger partial charge on any atom is -0.488 e. The van der Waals surface area contributed by atoms with Gasteiger partial charge in [0.25, 0.3) is 0 Å². The first-order chi connectivity index (χ1) is 19.1. The van der Waals surface area contributed by atoms with Gasteiger partial charge in [0, 0.05) is 30.3 Å². The van der Waals surface area contributed by atoms with E-state index in [0.717, 1.165) is 5.56 Å².